The first-order chi connectivity index (χ1) is 11.4. The van der Waals surface area contributed by atoms with E-state index in [9.17, 15) is 0 Å². The van der Waals surface area contributed by atoms with Crippen molar-refractivity contribution in [2.24, 2.45) is 0 Å². The molecular weight excluding hydrogens is 278 g/mol. The van der Waals surface area contributed by atoms with Gasteiger partial charge < -0.3 is 0 Å². The maximum absolute atomic E-state index is 4.66. The van der Waals surface area contributed by atoms with Crippen molar-refractivity contribution in [3.05, 3.63) is 71.8 Å². The van der Waals surface area contributed by atoms with E-state index in [1.807, 2.05) is 0 Å². The maximum Gasteiger partial charge on any atom is 0.0133 e. The van der Waals surface area contributed by atoms with Crippen LogP contribution in [-0.2, 0) is 12.8 Å². The van der Waals surface area contributed by atoms with Crippen molar-refractivity contribution >= 4 is 0 Å². The Morgan fingerprint density at radius 1 is 0.478 bits per heavy atom. The largest absolute Gasteiger partial charge is 0.242 e. The molecule has 1 heteroatoms. The van der Waals surface area contributed by atoms with Crippen LogP contribution in [0.4, 0.5) is 0 Å². The van der Waals surface area contributed by atoms with Gasteiger partial charge in [-0.3, -0.25) is 0 Å². The minimum absolute atomic E-state index is 1.04. The van der Waals surface area contributed by atoms with Crippen molar-refractivity contribution in [3.63, 3.8) is 0 Å². The van der Waals surface area contributed by atoms with E-state index in [1.54, 1.807) is 0 Å². The van der Waals surface area contributed by atoms with Gasteiger partial charge in [0.15, 0.2) is 0 Å². The molecule has 0 atom stereocenters. The maximum atomic E-state index is 4.66. The summed E-state index contributed by atoms with van der Waals surface area (Å²) in [6.45, 7) is 2.09. The molecule has 0 saturated heterocycles. The third kappa shape index (κ3) is 8.56. The lowest BCUT2D eigenvalue weighted by atomic mass is 10.1. The molecule has 2 aromatic carbocycles. The topological polar surface area (TPSA) is 14.1 Å². The van der Waals surface area contributed by atoms with E-state index in [2.05, 4.69) is 66.0 Å². The molecule has 0 unspecified atom stereocenters. The van der Waals surface area contributed by atoms with Crippen LogP contribution < -0.4 is 5.32 Å². The molecule has 123 valence electrons. The number of aryl methyl sites for hydroxylation is 2. The second-order valence-electron chi connectivity index (χ2n) is 6.26. The van der Waals surface area contributed by atoms with E-state index in [0.29, 0.717) is 0 Å². The van der Waals surface area contributed by atoms with E-state index in [1.165, 1.54) is 62.5 Å². The molecule has 0 bridgehead atoms. The van der Waals surface area contributed by atoms with Crippen LogP contribution in [0.5, 0.6) is 0 Å². The lowest BCUT2D eigenvalue weighted by Crippen LogP contribution is -2.08. The second kappa shape index (κ2) is 11.9. The minimum atomic E-state index is 1.04. The number of hydrogen-bond donors (Lipinski definition) is 0. The Labute approximate surface area is 142 Å². The van der Waals surface area contributed by atoms with Crippen LogP contribution in [0.1, 0.15) is 49.7 Å². The van der Waals surface area contributed by atoms with Gasteiger partial charge in [0.2, 0.25) is 0 Å². The van der Waals surface area contributed by atoms with Gasteiger partial charge in [-0.2, -0.15) is 0 Å². The van der Waals surface area contributed by atoms with Crippen molar-refractivity contribution in [3.8, 4) is 0 Å². The molecule has 2 aromatic rings. The number of benzene rings is 2. The summed E-state index contributed by atoms with van der Waals surface area (Å²) >= 11 is 0. The van der Waals surface area contributed by atoms with Crippen LogP contribution in [0.3, 0.4) is 0 Å². The van der Waals surface area contributed by atoms with Crippen molar-refractivity contribution in [1.82, 2.24) is 5.32 Å². The lowest BCUT2D eigenvalue weighted by Gasteiger charge is -2.04. The standard InChI is InChI=1S/C22H30N/c1(5-13-21-14-6-3-7-15-21)2-11-19-23-20-12-10-18-22-16-8-4-9-17-22/h3-4,6-9,14-17H,1-2,5,10-13,18-20H2. The van der Waals surface area contributed by atoms with Gasteiger partial charge in [0.1, 0.15) is 0 Å². The zero-order chi connectivity index (χ0) is 16.0. The van der Waals surface area contributed by atoms with Gasteiger partial charge in [-0.1, -0.05) is 73.5 Å². The Morgan fingerprint density at radius 3 is 1.48 bits per heavy atom. The molecule has 0 spiro atoms. The average molecular weight is 308 g/mol. The predicted molar refractivity (Wildman–Crippen MR) is 99.9 cm³/mol. The monoisotopic (exact) mass is 308 g/mol. The Bertz CT molecular complexity index is 444. The van der Waals surface area contributed by atoms with Crippen molar-refractivity contribution < 1.29 is 0 Å². The first-order valence-corrected chi connectivity index (χ1v) is 9.16. The first kappa shape index (κ1) is 17.7. The summed E-state index contributed by atoms with van der Waals surface area (Å²) in [5.41, 5.74) is 2.92. The normalized spacial score (nSPS) is 10.8. The molecule has 1 radical (unpaired) electrons. The molecule has 0 aliphatic heterocycles. The van der Waals surface area contributed by atoms with E-state index >= 15 is 0 Å². The molecule has 0 aliphatic carbocycles. The van der Waals surface area contributed by atoms with Crippen LogP contribution in [0.25, 0.3) is 0 Å². The van der Waals surface area contributed by atoms with Crippen LogP contribution in [0.15, 0.2) is 60.7 Å². The van der Waals surface area contributed by atoms with Crippen molar-refractivity contribution in [2.75, 3.05) is 13.1 Å². The van der Waals surface area contributed by atoms with Gasteiger partial charge in [-0.25, -0.2) is 5.32 Å². The van der Waals surface area contributed by atoms with Gasteiger partial charge >= 0.3 is 0 Å². The quantitative estimate of drug-likeness (QED) is 0.465. The fourth-order valence-electron chi connectivity index (χ4n) is 2.86. The molecule has 0 aromatic heterocycles. The van der Waals surface area contributed by atoms with E-state index in [4.69, 9.17) is 0 Å². The highest BCUT2D eigenvalue weighted by Crippen LogP contribution is 2.07. The molecule has 0 amide bonds. The summed E-state index contributed by atoms with van der Waals surface area (Å²) in [5, 5.41) is 4.66. The number of hydrogen-bond acceptors (Lipinski definition) is 0. The van der Waals surface area contributed by atoms with Crippen LogP contribution in [0, 0.1) is 0 Å². The summed E-state index contributed by atoms with van der Waals surface area (Å²) in [5.74, 6) is 0. The molecule has 0 aliphatic rings. The van der Waals surface area contributed by atoms with Gasteiger partial charge in [0, 0.05) is 13.1 Å². The second-order valence-corrected chi connectivity index (χ2v) is 6.26. The minimum Gasteiger partial charge on any atom is -0.242 e. The molecule has 23 heavy (non-hydrogen) atoms. The number of unbranched alkanes of at least 4 members (excludes halogenated alkanes) is 4. The average Bonchev–Trinajstić information content (AvgIpc) is 2.61. The Kier molecular flexibility index (Phi) is 9.18. The summed E-state index contributed by atoms with van der Waals surface area (Å²) in [6, 6.07) is 21.6. The highest BCUT2D eigenvalue weighted by molar-refractivity contribution is 5.15. The molecular formula is C22H30N. The number of nitrogens with zero attached hydrogens (tertiary/aromatic N) is 1. The summed E-state index contributed by atoms with van der Waals surface area (Å²) in [4.78, 5) is 0. The fourth-order valence-corrected chi connectivity index (χ4v) is 2.86. The van der Waals surface area contributed by atoms with Crippen molar-refractivity contribution in [2.45, 2.75) is 51.4 Å². The first-order valence-electron chi connectivity index (χ1n) is 9.16. The summed E-state index contributed by atoms with van der Waals surface area (Å²) in [6.07, 6.45) is 10.1. The van der Waals surface area contributed by atoms with Gasteiger partial charge in [0.05, 0.1) is 0 Å². The predicted octanol–water partition coefficient (Wildman–Crippen LogP) is 5.42. The zero-order valence-corrected chi connectivity index (χ0v) is 14.3. The summed E-state index contributed by atoms with van der Waals surface area (Å²) in [7, 11) is 0. The van der Waals surface area contributed by atoms with Gasteiger partial charge in [-0.15, -0.1) is 0 Å². The van der Waals surface area contributed by atoms with Crippen LogP contribution in [-0.4, -0.2) is 13.1 Å². The molecule has 0 N–H and O–H groups in total. The lowest BCUT2D eigenvalue weighted by molar-refractivity contribution is 0.561. The molecule has 2 rings (SSSR count). The van der Waals surface area contributed by atoms with Crippen LogP contribution in [0.2, 0.25) is 0 Å². The Morgan fingerprint density at radius 2 is 0.913 bits per heavy atom. The Balaban J connectivity index is 1.34. The van der Waals surface area contributed by atoms with Crippen molar-refractivity contribution in [1.29, 1.82) is 0 Å². The van der Waals surface area contributed by atoms with Gasteiger partial charge in [-0.05, 0) is 49.7 Å². The fraction of sp³-hybridized carbons (Fsp3) is 0.455. The zero-order valence-electron chi connectivity index (χ0n) is 14.3. The molecule has 0 saturated carbocycles. The SMILES string of the molecule is c1ccc(CCCCCC[N]CCCCc2ccccc2)cc1. The van der Waals surface area contributed by atoms with Crippen LogP contribution >= 0.6 is 0 Å². The van der Waals surface area contributed by atoms with E-state index < -0.39 is 0 Å². The third-order valence-electron chi connectivity index (χ3n) is 4.25. The molecule has 0 fully saturated rings. The van der Waals surface area contributed by atoms with E-state index in [-0.39, 0.29) is 0 Å². The number of rotatable bonds is 12. The third-order valence-corrected chi connectivity index (χ3v) is 4.25. The smallest absolute Gasteiger partial charge is 0.0133 e. The highest BCUT2D eigenvalue weighted by atomic mass is 14.8. The molecule has 1 nitrogen and oxygen atoms in total. The van der Waals surface area contributed by atoms with E-state index in [0.717, 1.165) is 13.1 Å². The highest BCUT2D eigenvalue weighted by Gasteiger charge is 1.95. The Hall–Kier alpha value is -1.60. The molecule has 0 heterocycles. The van der Waals surface area contributed by atoms with Gasteiger partial charge in [0.25, 0.3) is 0 Å². The summed E-state index contributed by atoms with van der Waals surface area (Å²) < 4.78 is 0.